The summed E-state index contributed by atoms with van der Waals surface area (Å²) in [5, 5.41) is 0. The molecule has 2 aliphatic heterocycles. The average molecular weight is 344 g/mol. The summed E-state index contributed by atoms with van der Waals surface area (Å²) in [7, 11) is 0. The molecule has 1 aromatic rings. The molecule has 25 heavy (non-hydrogen) atoms. The number of ether oxygens (including phenoxy) is 1. The van der Waals surface area contributed by atoms with Crippen molar-refractivity contribution in [1.82, 2.24) is 9.80 Å². The van der Waals surface area contributed by atoms with Gasteiger partial charge in [-0.25, -0.2) is 4.79 Å². The molecule has 2 fully saturated rings. The zero-order valence-corrected chi connectivity index (χ0v) is 16.1. The first kappa shape index (κ1) is 18.2. The number of carbonyl (C=O) groups is 1. The molecular weight excluding hydrogens is 312 g/mol. The van der Waals surface area contributed by atoms with Gasteiger partial charge in [0.25, 0.3) is 0 Å². The van der Waals surface area contributed by atoms with Crippen LogP contribution in [0.15, 0.2) is 30.3 Å². The summed E-state index contributed by atoms with van der Waals surface area (Å²) in [6.45, 7) is 11.9. The number of rotatable bonds is 2. The summed E-state index contributed by atoms with van der Waals surface area (Å²) in [6.07, 6.45) is 3.17. The molecule has 2 aliphatic rings. The van der Waals surface area contributed by atoms with E-state index in [0.717, 1.165) is 39.0 Å². The van der Waals surface area contributed by atoms with E-state index in [2.05, 4.69) is 42.2 Å². The van der Waals surface area contributed by atoms with E-state index in [0.29, 0.717) is 5.92 Å². The van der Waals surface area contributed by atoms with Gasteiger partial charge >= 0.3 is 6.09 Å². The Morgan fingerprint density at radius 3 is 2.40 bits per heavy atom. The summed E-state index contributed by atoms with van der Waals surface area (Å²) in [6, 6.07) is 10.7. The van der Waals surface area contributed by atoms with Crippen molar-refractivity contribution in [3.05, 3.63) is 35.9 Å². The van der Waals surface area contributed by atoms with Crippen LogP contribution in [0, 0.1) is 5.92 Å². The van der Waals surface area contributed by atoms with E-state index in [-0.39, 0.29) is 11.6 Å². The van der Waals surface area contributed by atoms with Crippen molar-refractivity contribution in [1.29, 1.82) is 0 Å². The minimum Gasteiger partial charge on any atom is -0.444 e. The van der Waals surface area contributed by atoms with Gasteiger partial charge in [-0.1, -0.05) is 37.3 Å². The summed E-state index contributed by atoms with van der Waals surface area (Å²) in [5.74, 6) is 0.678. The lowest BCUT2D eigenvalue weighted by Gasteiger charge is -2.47. The predicted molar refractivity (Wildman–Crippen MR) is 100 cm³/mol. The Balaban J connectivity index is 1.66. The van der Waals surface area contributed by atoms with E-state index < -0.39 is 5.60 Å². The van der Waals surface area contributed by atoms with Gasteiger partial charge in [-0.2, -0.15) is 0 Å². The number of amides is 1. The Hall–Kier alpha value is -1.55. The molecule has 3 rings (SSSR count). The standard InChI is InChI=1S/C21H32N2O2/c1-17-10-13-23(16-18-8-6-5-7-9-18)21(17)11-14-22(15-12-21)19(24)25-20(2,3)4/h5-9,17H,10-16H2,1-4H3. The molecule has 0 saturated carbocycles. The van der Waals surface area contributed by atoms with Crippen molar-refractivity contribution in [3.63, 3.8) is 0 Å². The second-order valence-electron chi connectivity index (χ2n) is 8.67. The largest absolute Gasteiger partial charge is 0.444 e. The summed E-state index contributed by atoms with van der Waals surface area (Å²) < 4.78 is 5.55. The van der Waals surface area contributed by atoms with Crippen LogP contribution in [-0.4, -0.2) is 46.7 Å². The molecule has 4 nitrogen and oxygen atoms in total. The molecular formula is C21H32N2O2. The van der Waals surface area contributed by atoms with Gasteiger partial charge in [0.2, 0.25) is 0 Å². The second-order valence-corrected chi connectivity index (χ2v) is 8.67. The van der Waals surface area contributed by atoms with Crippen LogP contribution in [0.5, 0.6) is 0 Å². The maximum Gasteiger partial charge on any atom is 0.410 e. The van der Waals surface area contributed by atoms with Crippen molar-refractivity contribution in [2.75, 3.05) is 19.6 Å². The number of piperidine rings is 1. The molecule has 0 N–H and O–H groups in total. The van der Waals surface area contributed by atoms with Crippen molar-refractivity contribution in [3.8, 4) is 0 Å². The third-order valence-electron chi connectivity index (χ3n) is 5.88. The van der Waals surface area contributed by atoms with Crippen LogP contribution in [0.3, 0.4) is 0 Å². The maximum absolute atomic E-state index is 12.4. The van der Waals surface area contributed by atoms with Crippen molar-refractivity contribution >= 4 is 6.09 Å². The highest BCUT2D eigenvalue weighted by Crippen LogP contribution is 2.43. The van der Waals surface area contributed by atoms with Crippen LogP contribution in [0.2, 0.25) is 0 Å². The quantitative estimate of drug-likeness (QED) is 0.802. The number of benzene rings is 1. The fourth-order valence-electron chi connectivity index (χ4n) is 4.40. The third kappa shape index (κ3) is 4.00. The zero-order valence-electron chi connectivity index (χ0n) is 16.1. The van der Waals surface area contributed by atoms with E-state index in [1.807, 2.05) is 25.7 Å². The van der Waals surface area contributed by atoms with Crippen LogP contribution in [0.1, 0.15) is 52.5 Å². The minimum absolute atomic E-state index is 0.164. The van der Waals surface area contributed by atoms with Crippen LogP contribution >= 0.6 is 0 Å². The van der Waals surface area contributed by atoms with Crippen molar-refractivity contribution in [2.24, 2.45) is 5.92 Å². The van der Waals surface area contributed by atoms with Gasteiger partial charge in [0.15, 0.2) is 0 Å². The van der Waals surface area contributed by atoms with Gasteiger partial charge in [-0.05, 0) is 58.1 Å². The van der Waals surface area contributed by atoms with Gasteiger partial charge < -0.3 is 9.64 Å². The zero-order chi connectivity index (χ0) is 18.1. The number of likely N-dealkylation sites (tertiary alicyclic amines) is 2. The Kier molecular flexibility index (Phi) is 5.10. The number of nitrogens with zero attached hydrogens (tertiary/aromatic N) is 2. The molecule has 1 atom stereocenters. The topological polar surface area (TPSA) is 32.8 Å². The molecule has 2 heterocycles. The Labute approximate surface area is 152 Å². The first-order valence-corrected chi connectivity index (χ1v) is 9.57. The molecule has 1 spiro atoms. The molecule has 1 aromatic carbocycles. The number of hydrogen-bond acceptors (Lipinski definition) is 3. The monoisotopic (exact) mass is 344 g/mol. The van der Waals surface area contributed by atoms with E-state index in [9.17, 15) is 4.79 Å². The highest BCUT2D eigenvalue weighted by Gasteiger charge is 2.48. The fraction of sp³-hybridized carbons (Fsp3) is 0.667. The van der Waals surface area contributed by atoms with Crippen molar-refractivity contribution in [2.45, 2.75) is 64.6 Å². The van der Waals surface area contributed by atoms with Crippen molar-refractivity contribution < 1.29 is 9.53 Å². The van der Waals surface area contributed by atoms with Crippen LogP contribution < -0.4 is 0 Å². The Morgan fingerprint density at radius 1 is 1.16 bits per heavy atom. The van der Waals surface area contributed by atoms with Crippen LogP contribution in [0.25, 0.3) is 0 Å². The molecule has 1 amide bonds. The number of carbonyl (C=O) groups excluding carboxylic acids is 1. The predicted octanol–water partition coefficient (Wildman–Crippen LogP) is 4.30. The summed E-state index contributed by atoms with van der Waals surface area (Å²) >= 11 is 0. The lowest BCUT2D eigenvalue weighted by molar-refractivity contribution is -0.00674. The lowest BCUT2D eigenvalue weighted by Crippen LogP contribution is -2.55. The SMILES string of the molecule is CC1CCN(Cc2ccccc2)C12CCN(C(=O)OC(C)(C)C)CC2. The molecule has 2 saturated heterocycles. The molecule has 138 valence electrons. The first-order chi connectivity index (χ1) is 11.8. The summed E-state index contributed by atoms with van der Waals surface area (Å²) in [5.41, 5.74) is 1.19. The number of hydrogen-bond donors (Lipinski definition) is 0. The van der Waals surface area contributed by atoms with Crippen LogP contribution in [0.4, 0.5) is 4.79 Å². The van der Waals surface area contributed by atoms with E-state index in [1.165, 1.54) is 12.0 Å². The maximum atomic E-state index is 12.4. The van der Waals surface area contributed by atoms with Gasteiger partial charge in [0, 0.05) is 25.2 Å². The highest BCUT2D eigenvalue weighted by molar-refractivity contribution is 5.68. The van der Waals surface area contributed by atoms with E-state index >= 15 is 0 Å². The van der Waals surface area contributed by atoms with Gasteiger partial charge in [0.1, 0.15) is 5.60 Å². The third-order valence-corrected chi connectivity index (χ3v) is 5.88. The lowest BCUT2D eigenvalue weighted by atomic mass is 9.78. The average Bonchev–Trinajstić information content (AvgIpc) is 2.84. The molecule has 0 aromatic heterocycles. The molecule has 0 bridgehead atoms. The molecule has 1 unspecified atom stereocenters. The Morgan fingerprint density at radius 2 is 1.80 bits per heavy atom. The van der Waals surface area contributed by atoms with Crippen LogP contribution in [-0.2, 0) is 11.3 Å². The van der Waals surface area contributed by atoms with Gasteiger partial charge in [-0.15, -0.1) is 0 Å². The second kappa shape index (κ2) is 6.99. The minimum atomic E-state index is -0.424. The molecule has 0 radical (unpaired) electrons. The molecule has 4 heteroatoms. The summed E-state index contributed by atoms with van der Waals surface area (Å²) in [4.78, 5) is 16.9. The Bertz CT molecular complexity index is 586. The van der Waals surface area contributed by atoms with E-state index in [1.54, 1.807) is 0 Å². The first-order valence-electron chi connectivity index (χ1n) is 9.57. The fourth-order valence-corrected chi connectivity index (χ4v) is 4.40. The highest BCUT2D eigenvalue weighted by atomic mass is 16.6. The van der Waals surface area contributed by atoms with Gasteiger partial charge in [-0.3, -0.25) is 4.90 Å². The molecule has 0 aliphatic carbocycles. The normalized spacial score (nSPS) is 23.8. The van der Waals surface area contributed by atoms with Gasteiger partial charge in [0.05, 0.1) is 0 Å². The smallest absolute Gasteiger partial charge is 0.410 e. The van der Waals surface area contributed by atoms with E-state index in [4.69, 9.17) is 4.74 Å².